The molecule has 1 aliphatic carbocycles. The molecular formula is C12H11NO3S. The summed E-state index contributed by atoms with van der Waals surface area (Å²) in [6.45, 7) is 1.63. The molecule has 3 rings (SSSR count). The van der Waals surface area contributed by atoms with Crippen LogP contribution in [0, 0.1) is 6.92 Å². The molecule has 0 atom stereocenters. The molecule has 2 heterocycles. The van der Waals surface area contributed by atoms with Crippen molar-refractivity contribution >= 4 is 17.3 Å². The van der Waals surface area contributed by atoms with Gasteiger partial charge < -0.3 is 9.52 Å². The van der Waals surface area contributed by atoms with Crippen molar-refractivity contribution in [2.24, 2.45) is 0 Å². The van der Waals surface area contributed by atoms with Crippen LogP contribution >= 0.6 is 11.3 Å². The summed E-state index contributed by atoms with van der Waals surface area (Å²) in [5, 5.41) is 8.92. The minimum Gasteiger partial charge on any atom is -0.476 e. The Morgan fingerprint density at radius 2 is 2.35 bits per heavy atom. The summed E-state index contributed by atoms with van der Waals surface area (Å²) in [4.78, 5) is 17.2. The zero-order valence-corrected chi connectivity index (χ0v) is 10.1. The van der Waals surface area contributed by atoms with Gasteiger partial charge in [-0.1, -0.05) is 0 Å². The largest absolute Gasteiger partial charge is 0.476 e. The predicted octanol–water partition coefficient (Wildman–Crippen LogP) is 2.90. The minimum atomic E-state index is -1.04. The lowest BCUT2D eigenvalue weighted by Crippen LogP contribution is -1.98. The van der Waals surface area contributed by atoms with E-state index in [4.69, 9.17) is 9.52 Å². The van der Waals surface area contributed by atoms with E-state index in [-0.39, 0.29) is 5.69 Å². The SMILES string of the molecule is Cc1oc(-c2cc3c(s2)CCC3)nc1C(=O)O. The molecule has 5 heteroatoms. The molecule has 4 nitrogen and oxygen atoms in total. The zero-order valence-electron chi connectivity index (χ0n) is 9.32. The first-order chi connectivity index (χ1) is 8.15. The first kappa shape index (κ1) is 10.5. The molecule has 17 heavy (non-hydrogen) atoms. The molecule has 1 N–H and O–H groups in total. The lowest BCUT2D eigenvalue weighted by molar-refractivity contribution is 0.0689. The van der Waals surface area contributed by atoms with Gasteiger partial charge >= 0.3 is 5.97 Å². The van der Waals surface area contributed by atoms with E-state index >= 15 is 0 Å². The highest BCUT2D eigenvalue weighted by Crippen LogP contribution is 2.36. The third-order valence-electron chi connectivity index (χ3n) is 2.96. The van der Waals surface area contributed by atoms with Crippen LogP contribution in [0.15, 0.2) is 10.5 Å². The highest BCUT2D eigenvalue weighted by molar-refractivity contribution is 7.15. The Hall–Kier alpha value is -1.62. The third-order valence-corrected chi connectivity index (χ3v) is 4.18. The predicted molar refractivity (Wildman–Crippen MR) is 63.5 cm³/mol. The number of aromatic nitrogens is 1. The maximum atomic E-state index is 10.9. The number of aryl methyl sites for hydroxylation is 3. The van der Waals surface area contributed by atoms with Gasteiger partial charge in [0.15, 0.2) is 5.69 Å². The van der Waals surface area contributed by atoms with Crippen LogP contribution in [0.2, 0.25) is 0 Å². The maximum absolute atomic E-state index is 10.9. The average molecular weight is 249 g/mol. The van der Waals surface area contributed by atoms with Gasteiger partial charge in [-0.05, 0) is 37.8 Å². The van der Waals surface area contributed by atoms with Gasteiger partial charge in [-0.15, -0.1) is 11.3 Å². The molecule has 2 aromatic heterocycles. The van der Waals surface area contributed by atoms with E-state index < -0.39 is 5.97 Å². The molecule has 0 saturated carbocycles. The standard InChI is InChI=1S/C12H11NO3S/c1-6-10(12(14)15)13-11(16-6)9-5-7-3-2-4-8(7)17-9/h5H,2-4H2,1H3,(H,14,15). The zero-order chi connectivity index (χ0) is 12.0. The van der Waals surface area contributed by atoms with Crippen LogP contribution in [0.5, 0.6) is 0 Å². The van der Waals surface area contributed by atoms with Gasteiger partial charge in [0, 0.05) is 4.88 Å². The van der Waals surface area contributed by atoms with E-state index in [1.165, 1.54) is 16.9 Å². The highest BCUT2D eigenvalue weighted by Gasteiger charge is 2.21. The molecule has 0 radical (unpaired) electrons. The van der Waals surface area contributed by atoms with Crippen molar-refractivity contribution in [1.82, 2.24) is 4.98 Å². The number of hydrogen-bond acceptors (Lipinski definition) is 4. The minimum absolute atomic E-state index is 0.00793. The fourth-order valence-electron chi connectivity index (χ4n) is 2.13. The van der Waals surface area contributed by atoms with Crippen molar-refractivity contribution in [3.63, 3.8) is 0 Å². The lowest BCUT2D eigenvalue weighted by atomic mass is 10.2. The Balaban J connectivity index is 2.03. The number of carboxylic acid groups (broad SMARTS) is 1. The smallest absolute Gasteiger partial charge is 0.358 e. The van der Waals surface area contributed by atoms with E-state index in [0.717, 1.165) is 17.7 Å². The number of hydrogen-bond donors (Lipinski definition) is 1. The van der Waals surface area contributed by atoms with Gasteiger partial charge in [-0.3, -0.25) is 0 Å². The molecule has 0 fully saturated rings. The Morgan fingerprint density at radius 1 is 1.53 bits per heavy atom. The normalized spacial score (nSPS) is 13.9. The van der Waals surface area contributed by atoms with E-state index in [9.17, 15) is 4.79 Å². The molecular weight excluding hydrogens is 238 g/mol. The molecule has 0 spiro atoms. The summed E-state index contributed by atoms with van der Waals surface area (Å²) < 4.78 is 5.42. The number of aromatic carboxylic acids is 1. The summed E-state index contributed by atoms with van der Waals surface area (Å²) in [5.41, 5.74) is 1.37. The number of thiophene rings is 1. The van der Waals surface area contributed by atoms with Gasteiger partial charge in [-0.2, -0.15) is 0 Å². The molecule has 2 aromatic rings. The van der Waals surface area contributed by atoms with Crippen molar-refractivity contribution in [1.29, 1.82) is 0 Å². The first-order valence-electron chi connectivity index (χ1n) is 5.48. The molecule has 88 valence electrons. The van der Waals surface area contributed by atoms with Gasteiger partial charge in [0.2, 0.25) is 5.89 Å². The molecule has 1 aliphatic rings. The first-order valence-corrected chi connectivity index (χ1v) is 6.29. The highest BCUT2D eigenvalue weighted by atomic mass is 32.1. The summed E-state index contributed by atoms with van der Waals surface area (Å²) in [6, 6.07) is 2.07. The van der Waals surface area contributed by atoms with Crippen LogP contribution in [0.4, 0.5) is 0 Å². The number of nitrogens with zero attached hydrogens (tertiary/aromatic N) is 1. The fourth-order valence-corrected chi connectivity index (χ4v) is 3.31. The van der Waals surface area contributed by atoms with Crippen LogP contribution in [0.1, 0.15) is 33.1 Å². The molecule has 0 aromatic carbocycles. The van der Waals surface area contributed by atoms with Gasteiger partial charge in [0.1, 0.15) is 5.76 Å². The van der Waals surface area contributed by atoms with Crippen molar-refractivity contribution in [3.05, 3.63) is 28.0 Å². The average Bonchev–Trinajstić information content (AvgIpc) is 2.88. The number of carboxylic acids is 1. The van der Waals surface area contributed by atoms with Gasteiger partial charge in [0.05, 0.1) is 4.88 Å². The van der Waals surface area contributed by atoms with Crippen molar-refractivity contribution < 1.29 is 14.3 Å². The molecule has 0 saturated heterocycles. The summed E-state index contributed by atoms with van der Waals surface area (Å²) in [6.07, 6.45) is 3.44. The second-order valence-electron chi connectivity index (χ2n) is 4.14. The quantitative estimate of drug-likeness (QED) is 0.888. The van der Waals surface area contributed by atoms with Crippen molar-refractivity contribution in [2.75, 3.05) is 0 Å². The Kier molecular flexibility index (Phi) is 2.29. The van der Waals surface area contributed by atoms with Gasteiger partial charge in [-0.25, -0.2) is 9.78 Å². The Bertz CT molecular complexity index is 575. The second kappa shape index (κ2) is 3.70. The number of fused-ring (bicyclic) bond motifs is 1. The van der Waals surface area contributed by atoms with E-state index in [1.54, 1.807) is 18.3 Å². The number of rotatable bonds is 2. The topological polar surface area (TPSA) is 63.3 Å². The molecule has 0 aliphatic heterocycles. The molecule has 0 unspecified atom stereocenters. The summed E-state index contributed by atoms with van der Waals surface area (Å²) in [5.74, 6) is -0.248. The van der Waals surface area contributed by atoms with E-state index in [2.05, 4.69) is 11.1 Å². The molecule has 0 bridgehead atoms. The van der Waals surface area contributed by atoms with Crippen LogP contribution in [-0.4, -0.2) is 16.1 Å². The Labute approximate surface area is 102 Å². The van der Waals surface area contributed by atoms with E-state index in [0.29, 0.717) is 11.7 Å². The third kappa shape index (κ3) is 1.67. The lowest BCUT2D eigenvalue weighted by Gasteiger charge is -1.88. The second-order valence-corrected chi connectivity index (χ2v) is 5.28. The number of carbonyl (C=O) groups is 1. The monoisotopic (exact) mass is 249 g/mol. The number of oxazole rings is 1. The van der Waals surface area contributed by atoms with Gasteiger partial charge in [0.25, 0.3) is 0 Å². The summed E-state index contributed by atoms with van der Waals surface area (Å²) >= 11 is 1.66. The van der Waals surface area contributed by atoms with Crippen LogP contribution < -0.4 is 0 Å². The fraction of sp³-hybridized carbons (Fsp3) is 0.333. The van der Waals surface area contributed by atoms with Crippen molar-refractivity contribution in [2.45, 2.75) is 26.2 Å². The maximum Gasteiger partial charge on any atom is 0.358 e. The van der Waals surface area contributed by atoms with Crippen LogP contribution in [0.25, 0.3) is 10.8 Å². The summed E-state index contributed by atoms with van der Waals surface area (Å²) in [7, 11) is 0. The van der Waals surface area contributed by atoms with Crippen LogP contribution in [0.3, 0.4) is 0 Å². The van der Waals surface area contributed by atoms with Crippen molar-refractivity contribution in [3.8, 4) is 10.8 Å². The molecule has 0 amide bonds. The Morgan fingerprint density at radius 3 is 3.00 bits per heavy atom. The van der Waals surface area contributed by atoms with E-state index in [1.807, 2.05) is 0 Å². The van der Waals surface area contributed by atoms with Crippen LogP contribution in [-0.2, 0) is 12.8 Å².